The summed E-state index contributed by atoms with van der Waals surface area (Å²) in [6.45, 7) is 2.16. The van der Waals surface area contributed by atoms with Gasteiger partial charge in [-0.1, -0.05) is 49.0 Å². The number of unbranched alkanes of at least 4 members (excludes halogenated alkanes) is 1. The van der Waals surface area contributed by atoms with Gasteiger partial charge in [-0.2, -0.15) is 0 Å². The number of halogens is 2. The van der Waals surface area contributed by atoms with Gasteiger partial charge in [-0.05, 0) is 30.5 Å². The summed E-state index contributed by atoms with van der Waals surface area (Å²) in [6.07, 6.45) is 4.11. The van der Waals surface area contributed by atoms with Crippen molar-refractivity contribution in [2.45, 2.75) is 38.6 Å². The van der Waals surface area contributed by atoms with Crippen molar-refractivity contribution in [3.63, 3.8) is 0 Å². The summed E-state index contributed by atoms with van der Waals surface area (Å²) in [5.74, 6) is 0. The van der Waals surface area contributed by atoms with Crippen molar-refractivity contribution in [3.05, 3.63) is 33.8 Å². The molecule has 1 rings (SSSR count). The van der Waals surface area contributed by atoms with Gasteiger partial charge in [0, 0.05) is 16.1 Å². The smallest absolute Gasteiger partial charge is 0.0453 e. The van der Waals surface area contributed by atoms with Gasteiger partial charge in [0.15, 0.2) is 0 Å². The number of benzene rings is 1. The van der Waals surface area contributed by atoms with Crippen molar-refractivity contribution in [2.75, 3.05) is 0 Å². The molecule has 1 nitrogen and oxygen atoms in total. The maximum absolute atomic E-state index is 6.07. The van der Waals surface area contributed by atoms with Crippen LogP contribution in [0.5, 0.6) is 0 Å². The quantitative estimate of drug-likeness (QED) is 0.833. The van der Waals surface area contributed by atoms with Gasteiger partial charge in [-0.15, -0.1) is 0 Å². The van der Waals surface area contributed by atoms with Gasteiger partial charge in [0.05, 0.1) is 0 Å². The number of nitrogens with two attached hydrogens (primary N) is 1. The summed E-state index contributed by atoms with van der Waals surface area (Å²) in [4.78, 5) is 0. The van der Waals surface area contributed by atoms with Gasteiger partial charge < -0.3 is 5.73 Å². The molecular formula is C12H17Cl2N. The van der Waals surface area contributed by atoms with E-state index in [0.717, 1.165) is 34.9 Å². The second kappa shape index (κ2) is 6.37. The Morgan fingerprint density at radius 2 is 1.87 bits per heavy atom. The Balaban J connectivity index is 2.63. The molecule has 3 heteroatoms. The molecule has 0 radical (unpaired) electrons. The lowest BCUT2D eigenvalue weighted by atomic mass is 10.0. The SMILES string of the molecule is CCCCC(N)Cc1c(Cl)cccc1Cl. The van der Waals surface area contributed by atoms with Crippen LogP contribution in [0.4, 0.5) is 0 Å². The molecule has 0 saturated carbocycles. The third kappa shape index (κ3) is 4.02. The van der Waals surface area contributed by atoms with Crippen molar-refractivity contribution >= 4 is 23.2 Å². The summed E-state index contributed by atoms with van der Waals surface area (Å²) in [5, 5.41) is 1.43. The Morgan fingerprint density at radius 3 is 2.40 bits per heavy atom. The number of hydrogen-bond acceptors (Lipinski definition) is 1. The average Bonchev–Trinajstić information content (AvgIpc) is 2.21. The van der Waals surface area contributed by atoms with Crippen molar-refractivity contribution in [3.8, 4) is 0 Å². The summed E-state index contributed by atoms with van der Waals surface area (Å²) >= 11 is 12.1. The van der Waals surface area contributed by atoms with Gasteiger partial charge in [0.25, 0.3) is 0 Å². The van der Waals surface area contributed by atoms with Crippen LogP contribution >= 0.6 is 23.2 Å². The van der Waals surface area contributed by atoms with Gasteiger partial charge in [0.1, 0.15) is 0 Å². The van der Waals surface area contributed by atoms with Crippen LogP contribution in [0.1, 0.15) is 31.7 Å². The van der Waals surface area contributed by atoms with Crippen LogP contribution in [0.2, 0.25) is 10.0 Å². The minimum absolute atomic E-state index is 0.155. The fourth-order valence-corrected chi connectivity index (χ4v) is 2.11. The van der Waals surface area contributed by atoms with Crippen LogP contribution in [0, 0.1) is 0 Å². The molecule has 0 spiro atoms. The van der Waals surface area contributed by atoms with E-state index in [1.54, 1.807) is 0 Å². The van der Waals surface area contributed by atoms with E-state index >= 15 is 0 Å². The topological polar surface area (TPSA) is 26.0 Å². The maximum atomic E-state index is 6.07. The first kappa shape index (κ1) is 12.8. The van der Waals surface area contributed by atoms with E-state index in [1.165, 1.54) is 6.42 Å². The predicted octanol–water partition coefficient (Wildman–Crippen LogP) is 4.05. The highest BCUT2D eigenvalue weighted by Gasteiger charge is 2.09. The molecule has 0 aliphatic carbocycles. The van der Waals surface area contributed by atoms with Crippen molar-refractivity contribution in [2.24, 2.45) is 5.73 Å². The second-order valence-electron chi connectivity index (χ2n) is 3.81. The Morgan fingerprint density at radius 1 is 1.27 bits per heavy atom. The van der Waals surface area contributed by atoms with E-state index in [4.69, 9.17) is 28.9 Å². The largest absolute Gasteiger partial charge is 0.327 e. The maximum Gasteiger partial charge on any atom is 0.0453 e. The zero-order valence-corrected chi connectivity index (χ0v) is 10.5. The van der Waals surface area contributed by atoms with Gasteiger partial charge >= 0.3 is 0 Å². The first-order valence-corrected chi connectivity index (χ1v) is 6.09. The molecule has 0 aliphatic heterocycles. The Bertz CT molecular complexity index is 292. The molecule has 1 aromatic rings. The zero-order chi connectivity index (χ0) is 11.3. The molecule has 0 bridgehead atoms. The average molecular weight is 246 g/mol. The Labute approximate surface area is 102 Å². The highest BCUT2D eigenvalue weighted by atomic mass is 35.5. The van der Waals surface area contributed by atoms with E-state index in [-0.39, 0.29) is 6.04 Å². The summed E-state index contributed by atoms with van der Waals surface area (Å²) in [7, 11) is 0. The van der Waals surface area contributed by atoms with Crippen LogP contribution in [0.3, 0.4) is 0 Å². The monoisotopic (exact) mass is 245 g/mol. The number of hydrogen-bond donors (Lipinski definition) is 1. The molecular weight excluding hydrogens is 229 g/mol. The minimum Gasteiger partial charge on any atom is -0.327 e. The van der Waals surface area contributed by atoms with Crippen LogP contribution in [0.25, 0.3) is 0 Å². The molecule has 0 heterocycles. The standard InChI is InChI=1S/C12H17Cl2N/c1-2-3-5-9(15)8-10-11(13)6-4-7-12(10)14/h4,6-7,9H,2-3,5,8,15H2,1H3. The molecule has 84 valence electrons. The summed E-state index contributed by atoms with van der Waals surface area (Å²) in [6, 6.07) is 5.72. The van der Waals surface area contributed by atoms with Gasteiger partial charge in [-0.3, -0.25) is 0 Å². The normalized spacial score (nSPS) is 12.8. The van der Waals surface area contributed by atoms with E-state index in [0.29, 0.717) is 0 Å². The first-order chi connectivity index (χ1) is 7.15. The lowest BCUT2D eigenvalue weighted by molar-refractivity contribution is 0.574. The fourth-order valence-electron chi connectivity index (χ4n) is 1.56. The van der Waals surface area contributed by atoms with Gasteiger partial charge in [0.2, 0.25) is 0 Å². The third-order valence-corrected chi connectivity index (χ3v) is 3.16. The highest BCUT2D eigenvalue weighted by Crippen LogP contribution is 2.25. The Hall–Kier alpha value is -0.240. The van der Waals surface area contributed by atoms with Crippen LogP contribution in [-0.2, 0) is 6.42 Å². The molecule has 1 atom stereocenters. The van der Waals surface area contributed by atoms with Gasteiger partial charge in [-0.25, -0.2) is 0 Å². The molecule has 0 fully saturated rings. The fraction of sp³-hybridized carbons (Fsp3) is 0.500. The van der Waals surface area contributed by atoms with Crippen molar-refractivity contribution < 1.29 is 0 Å². The van der Waals surface area contributed by atoms with Crippen molar-refractivity contribution in [1.29, 1.82) is 0 Å². The second-order valence-corrected chi connectivity index (χ2v) is 4.62. The third-order valence-electron chi connectivity index (χ3n) is 2.46. The van der Waals surface area contributed by atoms with Crippen molar-refractivity contribution in [1.82, 2.24) is 0 Å². The molecule has 1 aromatic carbocycles. The van der Waals surface area contributed by atoms with E-state index in [9.17, 15) is 0 Å². The molecule has 2 N–H and O–H groups in total. The van der Waals surface area contributed by atoms with E-state index < -0.39 is 0 Å². The lowest BCUT2D eigenvalue weighted by Crippen LogP contribution is -2.22. The molecule has 15 heavy (non-hydrogen) atoms. The van der Waals surface area contributed by atoms with E-state index in [1.807, 2.05) is 18.2 Å². The Kier molecular flexibility index (Phi) is 5.44. The molecule has 0 aromatic heterocycles. The van der Waals surface area contributed by atoms with E-state index in [2.05, 4.69) is 6.92 Å². The lowest BCUT2D eigenvalue weighted by Gasteiger charge is -2.13. The predicted molar refractivity (Wildman–Crippen MR) is 67.7 cm³/mol. The minimum atomic E-state index is 0.155. The first-order valence-electron chi connectivity index (χ1n) is 5.33. The van der Waals surface area contributed by atoms with Crippen LogP contribution < -0.4 is 5.73 Å². The highest BCUT2D eigenvalue weighted by molar-refractivity contribution is 6.35. The molecule has 0 saturated heterocycles. The number of rotatable bonds is 5. The molecule has 1 unspecified atom stereocenters. The molecule has 0 aliphatic rings. The van der Waals surface area contributed by atoms with Crippen LogP contribution in [-0.4, -0.2) is 6.04 Å². The van der Waals surface area contributed by atoms with Crippen LogP contribution in [0.15, 0.2) is 18.2 Å². The molecule has 0 amide bonds. The summed E-state index contributed by atoms with van der Waals surface area (Å²) in [5.41, 5.74) is 6.99. The zero-order valence-electron chi connectivity index (χ0n) is 8.97. The summed E-state index contributed by atoms with van der Waals surface area (Å²) < 4.78 is 0.